The first-order chi connectivity index (χ1) is 13.1. The van der Waals surface area contributed by atoms with Crippen molar-refractivity contribution in [3.05, 3.63) is 46.3 Å². The molecule has 0 atom stereocenters. The minimum atomic E-state index is -0.254. The third-order valence-electron chi connectivity index (χ3n) is 4.39. The zero-order chi connectivity index (χ0) is 19.2. The first-order valence-electron chi connectivity index (χ1n) is 9.04. The third-order valence-corrected chi connectivity index (χ3v) is 4.74. The number of rotatable bonds is 5. The van der Waals surface area contributed by atoms with Gasteiger partial charge in [0.1, 0.15) is 12.4 Å². The predicted octanol–water partition coefficient (Wildman–Crippen LogP) is 3.07. The van der Waals surface area contributed by atoms with Gasteiger partial charge in [-0.25, -0.2) is 9.38 Å². The van der Waals surface area contributed by atoms with E-state index in [1.165, 1.54) is 6.07 Å². The number of nitrogens with one attached hydrogen (secondary N) is 1. The van der Waals surface area contributed by atoms with Crippen LogP contribution in [0.4, 0.5) is 4.39 Å². The van der Waals surface area contributed by atoms with E-state index in [9.17, 15) is 4.39 Å². The summed E-state index contributed by atoms with van der Waals surface area (Å²) in [4.78, 5) is 13.2. The van der Waals surface area contributed by atoms with Crippen molar-refractivity contribution in [1.29, 1.82) is 0 Å². The average molecular weight is 523 g/mol. The number of piperazine rings is 1. The summed E-state index contributed by atoms with van der Waals surface area (Å²) in [6, 6.07) is 4.81. The first-order valence-corrected chi connectivity index (χ1v) is 9.42. The molecule has 1 fully saturated rings. The Labute approximate surface area is 186 Å². The lowest BCUT2D eigenvalue weighted by molar-refractivity contribution is 0.171. The highest BCUT2D eigenvalue weighted by Crippen LogP contribution is 2.21. The minimum Gasteiger partial charge on any atom is -0.357 e. The summed E-state index contributed by atoms with van der Waals surface area (Å²) >= 11 is 6.14. The average Bonchev–Trinajstić information content (AvgIpc) is 3.08. The van der Waals surface area contributed by atoms with Gasteiger partial charge in [0.25, 0.3) is 0 Å². The van der Waals surface area contributed by atoms with Gasteiger partial charge in [0, 0.05) is 56.8 Å². The molecule has 28 heavy (non-hydrogen) atoms. The maximum atomic E-state index is 14.0. The van der Waals surface area contributed by atoms with Gasteiger partial charge in [-0.15, -0.1) is 24.0 Å². The molecule has 1 aliphatic heterocycles. The molecule has 7 nitrogen and oxygen atoms in total. The maximum absolute atomic E-state index is 14.0. The Morgan fingerprint density at radius 2 is 2.07 bits per heavy atom. The summed E-state index contributed by atoms with van der Waals surface area (Å²) in [5.74, 6) is 1.67. The van der Waals surface area contributed by atoms with E-state index in [0.717, 1.165) is 38.7 Å². The number of nitrogens with zero attached hydrogens (tertiary/aromatic N) is 5. The Morgan fingerprint density at radius 1 is 1.32 bits per heavy atom. The van der Waals surface area contributed by atoms with Crippen LogP contribution in [0.1, 0.15) is 24.2 Å². The molecule has 0 spiro atoms. The van der Waals surface area contributed by atoms with Gasteiger partial charge in [0.05, 0.1) is 0 Å². The van der Waals surface area contributed by atoms with E-state index in [1.807, 2.05) is 6.92 Å². The maximum Gasteiger partial charge on any atom is 0.223 e. The van der Waals surface area contributed by atoms with Crippen molar-refractivity contribution in [3.63, 3.8) is 0 Å². The fourth-order valence-corrected chi connectivity index (χ4v) is 3.22. The number of aromatic nitrogens is 2. The lowest BCUT2D eigenvalue weighted by Crippen LogP contribution is -2.52. The molecule has 1 aromatic carbocycles. The van der Waals surface area contributed by atoms with Crippen LogP contribution in [-0.2, 0) is 13.1 Å². The Bertz CT molecular complexity index is 774. The summed E-state index contributed by atoms with van der Waals surface area (Å²) in [6.07, 6.45) is 0. The Morgan fingerprint density at radius 3 is 2.68 bits per heavy atom. The normalized spacial score (nSPS) is 15.4. The summed E-state index contributed by atoms with van der Waals surface area (Å²) < 4.78 is 19.0. The van der Waals surface area contributed by atoms with Crippen molar-refractivity contribution in [1.82, 2.24) is 25.3 Å². The minimum absolute atomic E-state index is 0. The van der Waals surface area contributed by atoms with Crippen molar-refractivity contribution >= 4 is 41.5 Å². The molecule has 0 bridgehead atoms. The van der Waals surface area contributed by atoms with Crippen LogP contribution in [0.3, 0.4) is 0 Å². The molecule has 0 saturated carbocycles. The highest BCUT2D eigenvalue weighted by molar-refractivity contribution is 14.0. The number of aliphatic imine (C=N–C) groups is 1. The highest BCUT2D eigenvalue weighted by Gasteiger charge is 2.21. The van der Waals surface area contributed by atoms with Crippen LogP contribution in [0.2, 0.25) is 5.02 Å². The quantitative estimate of drug-likeness (QED) is 0.370. The second-order valence-electron chi connectivity index (χ2n) is 6.36. The fourth-order valence-electron chi connectivity index (χ4n) is 3.00. The molecular weight excluding hydrogens is 498 g/mol. The zero-order valence-electron chi connectivity index (χ0n) is 16.0. The van der Waals surface area contributed by atoms with Crippen molar-refractivity contribution in [2.75, 3.05) is 32.7 Å². The molecule has 1 saturated heterocycles. The molecule has 1 aliphatic rings. The van der Waals surface area contributed by atoms with E-state index >= 15 is 0 Å². The summed E-state index contributed by atoms with van der Waals surface area (Å²) in [5.41, 5.74) is 0.556. The van der Waals surface area contributed by atoms with Gasteiger partial charge < -0.3 is 14.7 Å². The van der Waals surface area contributed by atoms with Gasteiger partial charge >= 0.3 is 0 Å². The van der Waals surface area contributed by atoms with Gasteiger partial charge in [0.2, 0.25) is 5.89 Å². The summed E-state index contributed by atoms with van der Waals surface area (Å²) in [5, 5.41) is 7.65. The van der Waals surface area contributed by atoms with Gasteiger partial charge in [-0.3, -0.25) is 4.90 Å². The molecule has 3 rings (SSSR count). The topological polar surface area (TPSA) is 69.8 Å². The van der Waals surface area contributed by atoms with Gasteiger partial charge in [-0.2, -0.15) is 4.98 Å². The number of hydrogen-bond acceptors (Lipinski definition) is 5. The molecule has 0 amide bonds. The van der Waals surface area contributed by atoms with E-state index < -0.39 is 0 Å². The lowest BCUT2D eigenvalue weighted by atomic mass is 10.2. The molecule has 10 heteroatoms. The van der Waals surface area contributed by atoms with E-state index in [0.29, 0.717) is 35.4 Å². The van der Waals surface area contributed by atoms with Crippen molar-refractivity contribution < 1.29 is 8.91 Å². The summed E-state index contributed by atoms with van der Waals surface area (Å²) in [7, 11) is 0. The molecule has 1 aromatic heterocycles. The highest BCUT2D eigenvalue weighted by atomic mass is 127. The fraction of sp³-hybridized carbons (Fsp3) is 0.500. The SMILES string of the molecule is CCNC(=NCc1noc(C)n1)N1CCN(Cc2c(F)cccc2Cl)CC1.I. The number of aryl methyl sites for hydroxylation is 1. The van der Waals surface area contributed by atoms with Crippen LogP contribution >= 0.6 is 35.6 Å². The molecule has 154 valence electrons. The van der Waals surface area contributed by atoms with Gasteiger partial charge in [-0.1, -0.05) is 22.8 Å². The van der Waals surface area contributed by atoms with Crippen LogP contribution in [0.25, 0.3) is 0 Å². The van der Waals surface area contributed by atoms with E-state index in [2.05, 4.69) is 30.2 Å². The lowest BCUT2D eigenvalue weighted by Gasteiger charge is -2.36. The van der Waals surface area contributed by atoms with Crippen LogP contribution in [0, 0.1) is 12.7 Å². The second kappa shape index (κ2) is 10.9. The molecule has 0 radical (unpaired) electrons. The van der Waals surface area contributed by atoms with Crippen LogP contribution < -0.4 is 5.32 Å². The van der Waals surface area contributed by atoms with Crippen LogP contribution in [-0.4, -0.2) is 58.6 Å². The standard InChI is InChI=1S/C18H24ClFN6O.HI/c1-3-21-18(22-11-17-23-13(2)27-24-17)26-9-7-25(8-10-26)12-14-15(19)5-4-6-16(14)20;/h4-6H,3,7-12H2,1-2H3,(H,21,22);1H. The number of hydrogen-bond donors (Lipinski definition) is 1. The Hall–Kier alpha value is -1.46. The summed E-state index contributed by atoms with van der Waals surface area (Å²) in [6.45, 7) is 8.63. The van der Waals surface area contributed by atoms with Gasteiger partial charge in [-0.05, 0) is 19.1 Å². The van der Waals surface area contributed by atoms with Crippen LogP contribution in [0.5, 0.6) is 0 Å². The molecule has 1 N–H and O–H groups in total. The molecule has 0 aliphatic carbocycles. The zero-order valence-corrected chi connectivity index (χ0v) is 19.1. The Balaban J connectivity index is 0.00000280. The second-order valence-corrected chi connectivity index (χ2v) is 6.77. The third kappa shape index (κ3) is 6.02. The number of halogens is 3. The van der Waals surface area contributed by atoms with Gasteiger partial charge in [0.15, 0.2) is 11.8 Å². The van der Waals surface area contributed by atoms with Crippen LogP contribution in [0.15, 0.2) is 27.7 Å². The van der Waals surface area contributed by atoms with E-state index in [1.54, 1.807) is 19.1 Å². The van der Waals surface area contributed by atoms with Crippen molar-refractivity contribution in [2.24, 2.45) is 4.99 Å². The largest absolute Gasteiger partial charge is 0.357 e. The van der Waals surface area contributed by atoms with Crippen molar-refractivity contribution in [3.8, 4) is 0 Å². The first kappa shape index (κ1) is 22.8. The number of benzene rings is 1. The monoisotopic (exact) mass is 522 g/mol. The smallest absolute Gasteiger partial charge is 0.223 e. The van der Waals surface area contributed by atoms with E-state index in [4.69, 9.17) is 16.1 Å². The predicted molar refractivity (Wildman–Crippen MR) is 118 cm³/mol. The Kier molecular flexibility index (Phi) is 8.90. The molecular formula is C18H25ClFIN6O. The van der Waals surface area contributed by atoms with E-state index in [-0.39, 0.29) is 29.8 Å². The van der Waals surface area contributed by atoms with Crippen molar-refractivity contribution in [2.45, 2.75) is 26.9 Å². The number of guanidine groups is 1. The molecule has 2 heterocycles. The molecule has 0 unspecified atom stereocenters. The molecule has 2 aromatic rings.